The number of carbonyl (C=O) groups excluding carboxylic acids is 1. The minimum absolute atomic E-state index is 0.0925. The van der Waals surface area contributed by atoms with E-state index in [0.29, 0.717) is 6.42 Å². The van der Waals surface area contributed by atoms with Gasteiger partial charge in [0.25, 0.3) is 0 Å². The molecule has 3 aromatic rings. The Kier molecular flexibility index (Phi) is 4.80. The Bertz CT molecular complexity index is 1070. The number of carbonyl (C=O) groups is 2. The van der Waals surface area contributed by atoms with E-state index in [9.17, 15) is 9.59 Å². The monoisotopic (exact) mass is 374 g/mol. The molecule has 4 rings (SSSR count). The second kappa shape index (κ2) is 7.56. The number of benzene rings is 2. The quantitative estimate of drug-likeness (QED) is 0.740. The van der Waals surface area contributed by atoms with Crippen LogP contribution in [0.25, 0.3) is 11.0 Å². The van der Waals surface area contributed by atoms with E-state index in [0.717, 1.165) is 27.9 Å². The molecule has 2 heterocycles. The molecule has 7 heteroatoms. The van der Waals surface area contributed by atoms with Gasteiger partial charge in [-0.2, -0.15) is 5.10 Å². The maximum Gasteiger partial charge on any atom is 0.303 e. The smallest absolute Gasteiger partial charge is 0.303 e. The fourth-order valence-corrected chi connectivity index (χ4v) is 3.32. The second-order valence-corrected chi connectivity index (χ2v) is 6.57. The van der Waals surface area contributed by atoms with Crippen molar-refractivity contribution in [2.45, 2.75) is 25.3 Å². The predicted octanol–water partition coefficient (Wildman–Crippen LogP) is 3.17. The first kappa shape index (κ1) is 17.8. The van der Waals surface area contributed by atoms with Gasteiger partial charge < -0.3 is 5.11 Å². The van der Waals surface area contributed by atoms with Crippen molar-refractivity contribution >= 4 is 28.6 Å². The topological polar surface area (TPSA) is 95.8 Å². The number of hydrazone groups is 1. The lowest BCUT2D eigenvalue weighted by Crippen LogP contribution is -2.27. The molecule has 1 amide bonds. The Hall–Kier alpha value is -3.61. The van der Waals surface area contributed by atoms with E-state index in [1.807, 2.05) is 48.5 Å². The Morgan fingerprint density at radius 2 is 1.75 bits per heavy atom. The minimum Gasteiger partial charge on any atom is -0.481 e. The van der Waals surface area contributed by atoms with Crippen LogP contribution < -0.4 is 0 Å². The first-order valence-electron chi connectivity index (χ1n) is 8.99. The van der Waals surface area contributed by atoms with Crippen molar-refractivity contribution in [2.75, 3.05) is 0 Å². The van der Waals surface area contributed by atoms with Gasteiger partial charge in [-0.15, -0.1) is 0 Å². The largest absolute Gasteiger partial charge is 0.481 e. The molecule has 0 radical (unpaired) electrons. The van der Waals surface area contributed by atoms with Crippen molar-refractivity contribution in [3.8, 4) is 0 Å². The van der Waals surface area contributed by atoms with E-state index in [4.69, 9.17) is 5.11 Å². The first-order valence-corrected chi connectivity index (χ1v) is 8.99. The molecule has 0 aliphatic carbocycles. The fourth-order valence-electron chi connectivity index (χ4n) is 3.32. The number of rotatable bonds is 5. The van der Waals surface area contributed by atoms with E-state index in [-0.39, 0.29) is 24.8 Å². The zero-order valence-electron chi connectivity index (χ0n) is 15.0. The van der Waals surface area contributed by atoms with Crippen LogP contribution in [-0.4, -0.2) is 37.7 Å². The third-order valence-electron chi connectivity index (χ3n) is 4.70. The van der Waals surface area contributed by atoms with Crippen LogP contribution in [0.4, 0.5) is 0 Å². The number of amides is 1. The van der Waals surface area contributed by atoms with Crippen LogP contribution in [0.3, 0.4) is 0 Å². The molecular formula is C21H18N4O3. The Morgan fingerprint density at radius 3 is 2.50 bits per heavy atom. The normalized spacial score (nSPS) is 16.2. The zero-order chi connectivity index (χ0) is 19.5. The maximum absolute atomic E-state index is 12.7. The van der Waals surface area contributed by atoms with E-state index < -0.39 is 5.97 Å². The minimum atomic E-state index is -1.00. The molecule has 0 unspecified atom stereocenters. The molecule has 0 saturated heterocycles. The number of hydrogen-bond donors (Lipinski definition) is 1. The van der Waals surface area contributed by atoms with Crippen LogP contribution in [-0.2, 0) is 9.59 Å². The number of carboxylic acids is 1. The Labute approximate surface area is 161 Å². The van der Waals surface area contributed by atoms with Gasteiger partial charge in [0, 0.05) is 25.2 Å². The van der Waals surface area contributed by atoms with Crippen LogP contribution in [0.5, 0.6) is 0 Å². The van der Waals surface area contributed by atoms with Crippen molar-refractivity contribution in [2.24, 2.45) is 5.10 Å². The summed E-state index contributed by atoms with van der Waals surface area (Å²) in [5.74, 6) is -1.31. The van der Waals surface area contributed by atoms with E-state index >= 15 is 0 Å². The number of aliphatic carboxylic acids is 1. The highest BCUT2D eigenvalue weighted by Crippen LogP contribution is 2.34. The van der Waals surface area contributed by atoms with Crippen molar-refractivity contribution < 1.29 is 14.7 Å². The molecule has 7 nitrogen and oxygen atoms in total. The van der Waals surface area contributed by atoms with Gasteiger partial charge in [0.05, 0.1) is 29.2 Å². The molecule has 0 fully saturated rings. The summed E-state index contributed by atoms with van der Waals surface area (Å²) in [6, 6.07) is 15.1. The Morgan fingerprint density at radius 1 is 1.00 bits per heavy atom. The summed E-state index contributed by atoms with van der Waals surface area (Å²) in [4.78, 5) is 32.2. The summed E-state index contributed by atoms with van der Waals surface area (Å²) in [6.07, 6.45) is 3.50. The number of carboxylic acid groups (broad SMARTS) is 1. The third kappa shape index (κ3) is 3.59. The summed E-state index contributed by atoms with van der Waals surface area (Å²) >= 11 is 0. The van der Waals surface area contributed by atoms with Crippen molar-refractivity contribution in [1.82, 2.24) is 15.0 Å². The summed E-state index contributed by atoms with van der Waals surface area (Å²) in [5.41, 5.74) is 4.16. The zero-order valence-corrected chi connectivity index (χ0v) is 15.0. The van der Waals surface area contributed by atoms with Crippen LogP contribution in [0.2, 0.25) is 0 Å². The predicted molar refractivity (Wildman–Crippen MR) is 104 cm³/mol. The molecule has 1 aliphatic rings. The van der Waals surface area contributed by atoms with Crippen molar-refractivity contribution in [3.05, 3.63) is 72.1 Å². The average molecular weight is 374 g/mol. The summed E-state index contributed by atoms with van der Waals surface area (Å²) in [7, 11) is 0. The number of aromatic nitrogens is 2. The Balaban J connectivity index is 1.68. The highest BCUT2D eigenvalue weighted by molar-refractivity contribution is 6.03. The van der Waals surface area contributed by atoms with Gasteiger partial charge in [0.1, 0.15) is 0 Å². The average Bonchev–Trinajstić information content (AvgIpc) is 3.18. The number of nitrogens with zero attached hydrogens (tertiary/aromatic N) is 4. The molecule has 1 aliphatic heterocycles. The van der Waals surface area contributed by atoms with Crippen molar-refractivity contribution in [3.63, 3.8) is 0 Å². The van der Waals surface area contributed by atoms with Gasteiger partial charge in [-0.05, 0) is 23.3 Å². The van der Waals surface area contributed by atoms with Crippen LogP contribution >= 0.6 is 0 Å². The van der Waals surface area contributed by atoms with Gasteiger partial charge in [-0.3, -0.25) is 19.6 Å². The standard InChI is InChI=1S/C21H18N4O3/c26-20(8-9-21(27)28)25-19(13-17(24-25)14-4-2-1-3-5-14)15-6-7-16-18(12-15)23-11-10-22-16/h1-7,10-12,19H,8-9,13H2,(H,27,28)/t19-/m1/s1. The van der Waals surface area contributed by atoms with Gasteiger partial charge in [0.2, 0.25) is 5.91 Å². The van der Waals surface area contributed by atoms with E-state index in [2.05, 4.69) is 15.1 Å². The molecule has 28 heavy (non-hydrogen) atoms. The molecule has 0 bridgehead atoms. The molecular weight excluding hydrogens is 356 g/mol. The lowest BCUT2D eigenvalue weighted by molar-refractivity contribution is -0.141. The molecule has 1 aromatic heterocycles. The van der Waals surface area contributed by atoms with Crippen LogP contribution in [0.1, 0.15) is 36.4 Å². The summed E-state index contributed by atoms with van der Waals surface area (Å²) in [6.45, 7) is 0. The molecule has 2 aromatic carbocycles. The molecule has 0 saturated carbocycles. The molecule has 1 N–H and O–H groups in total. The molecule has 0 spiro atoms. The number of fused-ring (bicyclic) bond motifs is 1. The highest BCUT2D eigenvalue weighted by Gasteiger charge is 2.33. The van der Waals surface area contributed by atoms with Gasteiger partial charge in [-0.1, -0.05) is 36.4 Å². The lowest BCUT2D eigenvalue weighted by atomic mass is 9.98. The molecule has 140 valence electrons. The molecule has 1 atom stereocenters. The SMILES string of the molecule is O=C(O)CCC(=O)N1N=C(c2ccccc2)C[C@@H]1c1ccc2nccnc2c1. The van der Waals surface area contributed by atoms with Gasteiger partial charge >= 0.3 is 5.97 Å². The van der Waals surface area contributed by atoms with E-state index in [1.54, 1.807) is 12.4 Å². The summed E-state index contributed by atoms with van der Waals surface area (Å²) in [5, 5.41) is 14.9. The lowest BCUT2D eigenvalue weighted by Gasteiger charge is -2.22. The number of hydrogen-bond acceptors (Lipinski definition) is 5. The second-order valence-electron chi connectivity index (χ2n) is 6.57. The van der Waals surface area contributed by atoms with Crippen LogP contribution in [0, 0.1) is 0 Å². The van der Waals surface area contributed by atoms with Crippen molar-refractivity contribution in [1.29, 1.82) is 0 Å². The maximum atomic E-state index is 12.7. The summed E-state index contributed by atoms with van der Waals surface area (Å²) < 4.78 is 0. The fraction of sp³-hybridized carbons (Fsp3) is 0.190. The highest BCUT2D eigenvalue weighted by atomic mass is 16.4. The van der Waals surface area contributed by atoms with Crippen LogP contribution in [0.15, 0.2) is 66.0 Å². The first-order chi connectivity index (χ1) is 13.6. The third-order valence-corrected chi connectivity index (χ3v) is 4.70. The van der Waals surface area contributed by atoms with Gasteiger partial charge in [0.15, 0.2) is 0 Å². The van der Waals surface area contributed by atoms with E-state index in [1.165, 1.54) is 5.01 Å². The van der Waals surface area contributed by atoms with Gasteiger partial charge in [-0.25, -0.2) is 5.01 Å².